The van der Waals surface area contributed by atoms with Crippen LogP contribution in [-0.2, 0) is 16.1 Å². The molecule has 0 bridgehead atoms. The molecule has 0 unspecified atom stereocenters. The van der Waals surface area contributed by atoms with Gasteiger partial charge in [0.2, 0.25) is 11.8 Å². The van der Waals surface area contributed by atoms with E-state index < -0.39 is 0 Å². The Kier molecular flexibility index (Phi) is 5.05. The molecule has 28 heavy (non-hydrogen) atoms. The maximum Gasteiger partial charge on any atom is 0.224 e. The van der Waals surface area contributed by atoms with Crippen molar-refractivity contribution >= 4 is 22.8 Å². The fraction of sp³-hybridized carbons (Fsp3) is 0.600. The van der Waals surface area contributed by atoms with Crippen molar-refractivity contribution in [2.45, 2.75) is 37.8 Å². The number of likely N-dealkylation sites (tertiary alicyclic amines) is 1. The smallest absolute Gasteiger partial charge is 0.224 e. The van der Waals surface area contributed by atoms with Crippen molar-refractivity contribution in [2.24, 2.45) is 0 Å². The molecule has 1 aromatic heterocycles. The highest BCUT2D eigenvalue weighted by molar-refractivity contribution is 5.78. The van der Waals surface area contributed by atoms with Crippen LogP contribution in [0.4, 0.5) is 0 Å². The molecule has 8 nitrogen and oxygen atoms in total. The number of hydrogen-bond donors (Lipinski definition) is 0. The van der Waals surface area contributed by atoms with Crippen LogP contribution in [-0.4, -0.2) is 87.3 Å². The first-order chi connectivity index (χ1) is 13.5. The van der Waals surface area contributed by atoms with E-state index in [4.69, 9.17) is 0 Å². The van der Waals surface area contributed by atoms with Gasteiger partial charge < -0.3 is 9.80 Å². The number of aryl methyl sites for hydroxylation is 1. The lowest BCUT2D eigenvalue weighted by atomic mass is 9.86. The van der Waals surface area contributed by atoms with Gasteiger partial charge in [-0.25, -0.2) is 4.68 Å². The summed E-state index contributed by atoms with van der Waals surface area (Å²) in [6, 6.07) is 7.79. The summed E-state index contributed by atoms with van der Waals surface area (Å²) in [6.07, 6.45) is 2.67. The maximum absolute atomic E-state index is 12.9. The second kappa shape index (κ2) is 7.50. The number of carbonyl (C=O) groups excluding carboxylic acids is 2. The highest BCUT2D eigenvalue weighted by Crippen LogP contribution is 2.32. The number of rotatable bonds is 3. The minimum Gasteiger partial charge on any atom is -0.346 e. The van der Waals surface area contributed by atoms with Gasteiger partial charge in [0, 0.05) is 51.6 Å². The monoisotopic (exact) mass is 384 g/mol. The summed E-state index contributed by atoms with van der Waals surface area (Å²) in [5.41, 5.74) is 1.70. The molecule has 0 saturated carbocycles. The zero-order valence-corrected chi connectivity index (χ0v) is 16.7. The first-order valence-electron chi connectivity index (χ1n) is 10.00. The summed E-state index contributed by atoms with van der Waals surface area (Å²) in [6.45, 7) is 3.55. The molecule has 3 heterocycles. The van der Waals surface area contributed by atoms with Gasteiger partial charge in [-0.3, -0.25) is 14.5 Å². The van der Waals surface area contributed by atoms with Gasteiger partial charge in [0.25, 0.3) is 0 Å². The van der Waals surface area contributed by atoms with Crippen molar-refractivity contribution in [3.05, 3.63) is 24.3 Å². The van der Waals surface area contributed by atoms with Crippen LogP contribution in [0.25, 0.3) is 11.0 Å². The van der Waals surface area contributed by atoms with E-state index in [1.165, 1.54) is 0 Å². The molecule has 0 N–H and O–H groups in total. The first-order valence-corrected chi connectivity index (χ1v) is 10.00. The number of hydrogen-bond acceptors (Lipinski definition) is 5. The normalized spacial score (nSPS) is 24.1. The highest BCUT2D eigenvalue weighted by atomic mass is 16.2. The number of nitrogens with zero attached hydrogens (tertiary/aromatic N) is 6. The molecule has 2 aromatic rings. The molecule has 8 heteroatoms. The van der Waals surface area contributed by atoms with E-state index in [0.717, 1.165) is 43.5 Å². The molecule has 2 amide bonds. The Labute approximate surface area is 165 Å². The quantitative estimate of drug-likeness (QED) is 0.789. The number of amides is 2. The number of piperazine rings is 1. The van der Waals surface area contributed by atoms with Gasteiger partial charge in [0.15, 0.2) is 0 Å². The Balaban J connectivity index is 1.42. The van der Waals surface area contributed by atoms with Gasteiger partial charge in [-0.1, -0.05) is 17.3 Å². The minimum atomic E-state index is -0.103. The lowest BCUT2D eigenvalue weighted by Crippen LogP contribution is -2.62. The SMILES string of the molecule is CN1CC[C@@]2(CCC1=O)CN(C(=O)CCn1nnc3ccccc31)CCN2C. The summed E-state index contributed by atoms with van der Waals surface area (Å²) in [7, 11) is 3.99. The topological polar surface area (TPSA) is 74.6 Å². The highest BCUT2D eigenvalue weighted by Gasteiger charge is 2.42. The maximum atomic E-state index is 12.9. The predicted molar refractivity (Wildman–Crippen MR) is 106 cm³/mol. The van der Waals surface area contributed by atoms with Crippen LogP contribution in [0.3, 0.4) is 0 Å². The average molecular weight is 384 g/mol. The number of para-hydroxylation sites is 1. The molecular weight excluding hydrogens is 356 g/mol. The number of fused-ring (bicyclic) bond motifs is 1. The van der Waals surface area contributed by atoms with Crippen molar-refractivity contribution in [3.63, 3.8) is 0 Å². The molecule has 2 aliphatic heterocycles. The first kappa shape index (κ1) is 18.9. The van der Waals surface area contributed by atoms with Crippen molar-refractivity contribution in [3.8, 4) is 0 Å². The van der Waals surface area contributed by atoms with Crippen LogP contribution >= 0.6 is 0 Å². The summed E-state index contributed by atoms with van der Waals surface area (Å²) >= 11 is 0. The van der Waals surface area contributed by atoms with Crippen molar-refractivity contribution in [1.82, 2.24) is 29.7 Å². The Morgan fingerprint density at radius 2 is 1.96 bits per heavy atom. The van der Waals surface area contributed by atoms with Crippen molar-refractivity contribution in [2.75, 3.05) is 40.3 Å². The second-order valence-electron chi connectivity index (χ2n) is 8.08. The largest absolute Gasteiger partial charge is 0.346 e. The molecule has 1 atom stereocenters. The van der Waals surface area contributed by atoms with Crippen molar-refractivity contribution in [1.29, 1.82) is 0 Å². The third-order valence-corrected chi connectivity index (χ3v) is 6.45. The van der Waals surface area contributed by atoms with E-state index in [-0.39, 0.29) is 17.4 Å². The number of benzene rings is 1. The third-order valence-electron chi connectivity index (χ3n) is 6.45. The van der Waals surface area contributed by atoms with Crippen LogP contribution in [0.15, 0.2) is 24.3 Å². The number of carbonyl (C=O) groups is 2. The number of aromatic nitrogens is 3. The van der Waals surface area contributed by atoms with Gasteiger partial charge >= 0.3 is 0 Å². The lowest BCUT2D eigenvalue weighted by Gasteiger charge is -2.49. The van der Waals surface area contributed by atoms with Crippen LogP contribution < -0.4 is 0 Å². The third kappa shape index (κ3) is 3.48. The summed E-state index contributed by atoms with van der Waals surface area (Å²) in [4.78, 5) is 31.2. The van der Waals surface area contributed by atoms with Gasteiger partial charge in [-0.15, -0.1) is 5.10 Å². The van der Waals surface area contributed by atoms with Gasteiger partial charge in [0.1, 0.15) is 5.52 Å². The Morgan fingerprint density at radius 1 is 1.14 bits per heavy atom. The summed E-state index contributed by atoms with van der Waals surface area (Å²) in [5.74, 6) is 0.350. The van der Waals surface area contributed by atoms with Gasteiger partial charge in [0.05, 0.1) is 12.1 Å². The fourth-order valence-electron chi connectivity index (χ4n) is 4.41. The fourth-order valence-corrected chi connectivity index (χ4v) is 4.41. The van der Waals surface area contributed by atoms with Crippen LogP contribution in [0.2, 0.25) is 0 Å². The van der Waals surface area contributed by atoms with Gasteiger partial charge in [-0.2, -0.15) is 0 Å². The van der Waals surface area contributed by atoms with Gasteiger partial charge in [-0.05, 0) is 32.0 Å². The molecular formula is C20H28N6O2. The molecule has 0 aliphatic carbocycles. The van der Waals surface area contributed by atoms with Crippen molar-refractivity contribution < 1.29 is 9.59 Å². The average Bonchev–Trinajstić information content (AvgIpc) is 3.07. The van der Waals surface area contributed by atoms with E-state index in [2.05, 4.69) is 22.3 Å². The molecule has 1 aromatic carbocycles. The summed E-state index contributed by atoms with van der Waals surface area (Å²) in [5, 5.41) is 8.34. The predicted octanol–water partition coefficient (Wildman–Crippen LogP) is 0.977. The van der Waals surface area contributed by atoms with Crippen LogP contribution in [0.1, 0.15) is 25.7 Å². The zero-order valence-electron chi connectivity index (χ0n) is 16.7. The molecule has 2 fully saturated rings. The minimum absolute atomic E-state index is 0.103. The molecule has 1 spiro atoms. The Morgan fingerprint density at radius 3 is 2.82 bits per heavy atom. The van der Waals surface area contributed by atoms with Crippen LogP contribution in [0, 0.1) is 0 Å². The second-order valence-corrected chi connectivity index (χ2v) is 8.08. The Bertz CT molecular complexity index is 880. The molecule has 4 rings (SSSR count). The van der Waals surface area contributed by atoms with Crippen LogP contribution in [0.5, 0.6) is 0 Å². The Hall–Kier alpha value is -2.48. The molecule has 150 valence electrons. The van der Waals surface area contributed by atoms with E-state index in [1.807, 2.05) is 41.1 Å². The van der Waals surface area contributed by atoms with E-state index >= 15 is 0 Å². The zero-order chi connectivity index (χ0) is 19.7. The standard InChI is InChI=1S/C20H28N6O2/c1-23-12-10-20(9-7-18(23)27)15-25(14-13-24(20)2)19(28)8-11-26-17-6-4-3-5-16(17)21-22-26/h3-6H,7-15H2,1-2H3/t20-/m0/s1. The summed E-state index contributed by atoms with van der Waals surface area (Å²) < 4.78 is 1.80. The molecule has 2 aliphatic rings. The van der Waals surface area contributed by atoms with E-state index in [9.17, 15) is 9.59 Å². The molecule has 0 radical (unpaired) electrons. The number of likely N-dealkylation sites (N-methyl/N-ethyl adjacent to an activating group) is 1. The van der Waals surface area contributed by atoms with E-state index in [0.29, 0.717) is 25.9 Å². The lowest BCUT2D eigenvalue weighted by molar-refractivity contribution is -0.137. The molecule has 2 saturated heterocycles. The van der Waals surface area contributed by atoms with E-state index in [1.54, 1.807) is 4.68 Å².